The SMILES string of the molecule is COC(C(=O)O)C1CCN(S(=O)(=O)c2cc(Br)cnc2N)CC1. The van der Waals surface area contributed by atoms with E-state index in [-0.39, 0.29) is 29.7 Å². The number of rotatable bonds is 5. The molecule has 8 nitrogen and oxygen atoms in total. The van der Waals surface area contributed by atoms with Crippen molar-refractivity contribution in [2.45, 2.75) is 23.8 Å². The van der Waals surface area contributed by atoms with E-state index in [2.05, 4.69) is 20.9 Å². The molecular weight excluding hydrogens is 390 g/mol. The molecule has 0 saturated carbocycles. The minimum absolute atomic E-state index is 0.0492. The monoisotopic (exact) mass is 407 g/mol. The Bertz CT molecular complexity index is 689. The van der Waals surface area contributed by atoms with Crippen molar-refractivity contribution < 1.29 is 23.1 Å². The van der Waals surface area contributed by atoms with Crippen LogP contribution in [0.3, 0.4) is 0 Å². The van der Waals surface area contributed by atoms with Gasteiger partial charge in [-0.1, -0.05) is 0 Å². The molecule has 0 spiro atoms. The number of halogens is 1. The molecule has 2 rings (SSSR count). The lowest BCUT2D eigenvalue weighted by Gasteiger charge is -2.33. The first-order valence-electron chi connectivity index (χ1n) is 6.94. The van der Waals surface area contributed by atoms with Gasteiger partial charge in [0.25, 0.3) is 0 Å². The Morgan fingerprint density at radius 1 is 1.52 bits per heavy atom. The van der Waals surface area contributed by atoms with Crippen molar-refractivity contribution in [2.24, 2.45) is 5.92 Å². The molecule has 1 aromatic rings. The Kier molecular flexibility index (Phi) is 5.61. The number of pyridine rings is 1. The average Bonchev–Trinajstić information content (AvgIpc) is 2.50. The zero-order chi connectivity index (χ0) is 17.2. The van der Waals surface area contributed by atoms with E-state index in [0.29, 0.717) is 17.3 Å². The zero-order valence-corrected chi connectivity index (χ0v) is 14.9. The summed E-state index contributed by atoms with van der Waals surface area (Å²) in [6.07, 6.45) is 1.32. The fourth-order valence-corrected chi connectivity index (χ4v) is 4.74. The number of carboxylic acid groups (broad SMARTS) is 1. The average molecular weight is 408 g/mol. The van der Waals surface area contributed by atoms with Crippen molar-refractivity contribution in [2.75, 3.05) is 25.9 Å². The Hall–Kier alpha value is -1.23. The lowest BCUT2D eigenvalue weighted by molar-refractivity contribution is -0.152. The maximum Gasteiger partial charge on any atom is 0.333 e. The Labute approximate surface area is 142 Å². The molecule has 0 radical (unpaired) electrons. The molecule has 1 aliphatic rings. The lowest BCUT2D eigenvalue weighted by atomic mass is 9.92. The summed E-state index contributed by atoms with van der Waals surface area (Å²) in [5.41, 5.74) is 5.68. The van der Waals surface area contributed by atoms with Gasteiger partial charge < -0.3 is 15.6 Å². The van der Waals surface area contributed by atoms with Crippen LogP contribution >= 0.6 is 15.9 Å². The molecule has 1 atom stereocenters. The zero-order valence-electron chi connectivity index (χ0n) is 12.5. The highest BCUT2D eigenvalue weighted by Gasteiger charge is 2.36. The highest BCUT2D eigenvalue weighted by molar-refractivity contribution is 9.10. The number of methoxy groups -OCH3 is 1. The Morgan fingerprint density at radius 3 is 2.65 bits per heavy atom. The summed E-state index contributed by atoms with van der Waals surface area (Å²) in [5, 5.41) is 9.11. The van der Waals surface area contributed by atoms with Crippen molar-refractivity contribution in [1.82, 2.24) is 9.29 Å². The normalized spacial score (nSPS) is 18.7. The third-order valence-electron chi connectivity index (χ3n) is 3.89. The van der Waals surface area contributed by atoms with Crippen molar-refractivity contribution in [1.29, 1.82) is 0 Å². The second-order valence-electron chi connectivity index (χ2n) is 5.27. The van der Waals surface area contributed by atoms with E-state index < -0.39 is 22.1 Å². The number of ether oxygens (including phenoxy) is 1. The van der Waals surface area contributed by atoms with Gasteiger partial charge >= 0.3 is 5.97 Å². The summed E-state index contributed by atoms with van der Waals surface area (Å²) in [5.74, 6) is -1.31. The molecule has 1 aromatic heterocycles. The van der Waals surface area contributed by atoms with Crippen LogP contribution in [0.5, 0.6) is 0 Å². The van der Waals surface area contributed by atoms with Gasteiger partial charge in [0, 0.05) is 30.9 Å². The second-order valence-corrected chi connectivity index (χ2v) is 8.10. The summed E-state index contributed by atoms with van der Waals surface area (Å²) < 4.78 is 32.2. The highest BCUT2D eigenvalue weighted by Crippen LogP contribution is 2.29. The van der Waals surface area contributed by atoms with Gasteiger partial charge in [-0.15, -0.1) is 0 Å². The molecule has 2 heterocycles. The summed E-state index contributed by atoms with van der Waals surface area (Å²) >= 11 is 3.18. The van der Waals surface area contributed by atoms with Crippen LogP contribution in [0.1, 0.15) is 12.8 Å². The molecule has 128 valence electrons. The number of carbonyl (C=O) groups is 1. The summed E-state index contributed by atoms with van der Waals surface area (Å²) in [6, 6.07) is 1.42. The predicted octanol–water partition coefficient (Wildman–Crippen LogP) is 0.927. The number of sulfonamides is 1. The fourth-order valence-electron chi connectivity index (χ4n) is 2.69. The first-order valence-corrected chi connectivity index (χ1v) is 9.17. The van der Waals surface area contributed by atoms with Crippen LogP contribution in [0.2, 0.25) is 0 Å². The minimum atomic E-state index is -3.76. The minimum Gasteiger partial charge on any atom is -0.479 e. The summed E-state index contributed by atoms with van der Waals surface area (Å²) in [4.78, 5) is 14.9. The fraction of sp³-hybridized carbons (Fsp3) is 0.538. The Balaban J connectivity index is 2.16. The van der Waals surface area contributed by atoms with E-state index in [9.17, 15) is 13.2 Å². The molecular formula is C13H18BrN3O5S. The number of carboxylic acids is 1. The number of hydrogen-bond donors (Lipinski definition) is 2. The molecule has 0 aliphatic carbocycles. The van der Waals surface area contributed by atoms with E-state index in [4.69, 9.17) is 15.6 Å². The first kappa shape index (κ1) is 18.1. The summed E-state index contributed by atoms with van der Waals surface area (Å²) in [7, 11) is -2.42. The number of aromatic nitrogens is 1. The van der Waals surface area contributed by atoms with Crippen LogP contribution in [-0.4, -0.2) is 55.1 Å². The van der Waals surface area contributed by atoms with Gasteiger partial charge in [-0.3, -0.25) is 0 Å². The molecule has 10 heteroatoms. The van der Waals surface area contributed by atoms with Crippen molar-refractivity contribution in [3.63, 3.8) is 0 Å². The maximum absolute atomic E-state index is 12.7. The molecule has 23 heavy (non-hydrogen) atoms. The topological polar surface area (TPSA) is 123 Å². The molecule has 0 aromatic carbocycles. The molecule has 1 saturated heterocycles. The van der Waals surface area contributed by atoms with Crippen molar-refractivity contribution >= 4 is 37.7 Å². The maximum atomic E-state index is 12.7. The highest BCUT2D eigenvalue weighted by atomic mass is 79.9. The number of hydrogen-bond acceptors (Lipinski definition) is 6. The molecule has 3 N–H and O–H groups in total. The van der Waals surface area contributed by atoms with Gasteiger partial charge in [-0.05, 0) is 40.8 Å². The van der Waals surface area contributed by atoms with Crippen LogP contribution < -0.4 is 5.73 Å². The molecule has 1 aliphatic heterocycles. The smallest absolute Gasteiger partial charge is 0.333 e. The van der Waals surface area contributed by atoms with Crippen LogP contribution in [-0.2, 0) is 19.6 Å². The van der Waals surface area contributed by atoms with E-state index in [1.807, 2.05) is 0 Å². The van der Waals surface area contributed by atoms with Gasteiger partial charge in [0.05, 0.1) is 0 Å². The van der Waals surface area contributed by atoms with Gasteiger partial charge in [-0.2, -0.15) is 4.31 Å². The van der Waals surface area contributed by atoms with E-state index in [1.165, 1.54) is 23.7 Å². The third-order valence-corrected chi connectivity index (χ3v) is 6.25. The van der Waals surface area contributed by atoms with E-state index in [0.717, 1.165) is 0 Å². The number of nitrogens with zero attached hydrogens (tertiary/aromatic N) is 2. The standard InChI is InChI=1S/C13H18BrN3O5S/c1-22-11(13(18)19)8-2-4-17(5-3-8)23(20,21)10-6-9(14)7-16-12(10)15/h6-8,11H,2-5H2,1H3,(H2,15,16)(H,18,19). The van der Waals surface area contributed by atoms with E-state index in [1.54, 1.807) is 0 Å². The quantitative estimate of drug-likeness (QED) is 0.743. The largest absolute Gasteiger partial charge is 0.479 e. The van der Waals surface area contributed by atoms with Gasteiger partial charge in [-0.25, -0.2) is 18.2 Å². The van der Waals surface area contributed by atoms with Gasteiger partial charge in [0.2, 0.25) is 10.0 Å². The molecule has 0 bridgehead atoms. The number of anilines is 1. The van der Waals surface area contributed by atoms with E-state index >= 15 is 0 Å². The molecule has 0 amide bonds. The second kappa shape index (κ2) is 7.12. The van der Waals surface area contributed by atoms with Crippen LogP contribution in [0.25, 0.3) is 0 Å². The van der Waals surface area contributed by atoms with Crippen LogP contribution in [0.15, 0.2) is 21.6 Å². The number of aliphatic carboxylic acids is 1. The Morgan fingerprint density at radius 2 is 2.13 bits per heavy atom. The predicted molar refractivity (Wildman–Crippen MR) is 86.3 cm³/mol. The summed E-state index contributed by atoms with van der Waals surface area (Å²) in [6.45, 7) is 0.429. The first-order chi connectivity index (χ1) is 10.8. The van der Waals surface area contributed by atoms with Crippen molar-refractivity contribution in [3.8, 4) is 0 Å². The van der Waals surface area contributed by atoms with Gasteiger partial charge in [0.15, 0.2) is 6.10 Å². The van der Waals surface area contributed by atoms with Crippen molar-refractivity contribution in [3.05, 3.63) is 16.7 Å². The number of piperidine rings is 1. The molecule has 1 fully saturated rings. The molecule has 1 unspecified atom stereocenters. The van der Waals surface area contributed by atoms with Crippen LogP contribution in [0.4, 0.5) is 5.82 Å². The third kappa shape index (κ3) is 3.82. The number of nitrogen functional groups attached to an aromatic ring is 1. The number of nitrogens with two attached hydrogens (primary N) is 1. The van der Waals surface area contributed by atoms with Gasteiger partial charge in [0.1, 0.15) is 10.7 Å². The lowest BCUT2D eigenvalue weighted by Crippen LogP contribution is -2.43. The van der Waals surface area contributed by atoms with Crippen LogP contribution in [0, 0.1) is 5.92 Å².